The predicted octanol–water partition coefficient (Wildman–Crippen LogP) is -1.71. The van der Waals surface area contributed by atoms with Gasteiger partial charge in [0.25, 0.3) is 0 Å². The van der Waals surface area contributed by atoms with E-state index >= 15 is 0 Å². The van der Waals surface area contributed by atoms with Gasteiger partial charge in [0.05, 0.1) is 36.7 Å². The number of piperidine rings is 1. The quantitative estimate of drug-likeness (QED) is 0.487. The number of aliphatic hydroxyl groups is 1. The van der Waals surface area contributed by atoms with Gasteiger partial charge in [-0.2, -0.15) is 0 Å². The van der Waals surface area contributed by atoms with Crippen molar-refractivity contribution in [1.82, 2.24) is 0 Å². The van der Waals surface area contributed by atoms with Crippen LogP contribution in [0.2, 0.25) is 0 Å². The van der Waals surface area contributed by atoms with Gasteiger partial charge < -0.3 is 22.0 Å². The van der Waals surface area contributed by atoms with E-state index in [1.165, 1.54) is 0 Å². The lowest BCUT2D eigenvalue weighted by Crippen LogP contribution is -3.00. The molecule has 0 amide bonds. The Morgan fingerprint density at radius 3 is 2.07 bits per heavy atom. The fraction of sp³-hybridized carbons (Fsp3) is 1.00. The van der Waals surface area contributed by atoms with Crippen LogP contribution in [0.4, 0.5) is 0 Å². The average molecular weight is 226 g/mol. The number of hydrogen-bond donors (Lipinski definition) is 1. The highest BCUT2D eigenvalue weighted by Crippen LogP contribution is 2.45. The number of rotatable bonds is 0. The van der Waals surface area contributed by atoms with E-state index in [1.54, 1.807) is 0 Å². The van der Waals surface area contributed by atoms with Crippen molar-refractivity contribution in [3.05, 3.63) is 0 Å². The van der Waals surface area contributed by atoms with E-state index in [9.17, 15) is 5.11 Å². The molecule has 0 saturated carbocycles. The van der Waals surface area contributed by atoms with E-state index in [2.05, 4.69) is 0 Å². The van der Waals surface area contributed by atoms with Gasteiger partial charge in [-0.05, 0) is 0 Å². The number of aliphatic hydroxyl groups excluding tert-OH is 1. The average Bonchev–Trinajstić information content (AvgIpc) is 2.59. The van der Waals surface area contributed by atoms with Gasteiger partial charge in [-0.1, -0.05) is 0 Å². The largest absolute Gasteiger partial charge is 1.00 e. The molecule has 3 aliphatic rings. The molecule has 0 aromatic rings. The van der Waals surface area contributed by atoms with Crippen LogP contribution in [0.1, 0.15) is 49.4 Å². The summed E-state index contributed by atoms with van der Waals surface area (Å²) < 4.78 is 64.3. The third-order valence-corrected chi connectivity index (χ3v) is 3.62. The van der Waals surface area contributed by atoms with Crippen molar-refractivity contribution < 1.29 is 33.0 Å². The Balaban J connectivity index is 0.00000176. The van der Waals surface area contributed by atoms with Gasteiger partial charge in [0, 0.05) is 43.9 Å². The highest BCUT2D eigenvalue weighted by Gasteiger charge is 2.54. The van der Waals surface area contributed by atoms with Crippen LogP contribution in [0.3, 0.4) is 0 Å². The molecular formula is C11H20ClNO. The van der Waals surface area contributed by atoms with Crippen molar-refractivity contribution in [2.75, 3.05) is 13.0 Å². The molecule has 2 unspecified atom stereocenters. The highest BCUT2D eigenvalue weighted by molar-refractivity contribution is 4.87. The van der Waals surface area contributed by atoms with Crippen LogP contribution in [0, 0.1) is 0 Å². The van der Waals surface area contributed by atoms with Gasteiger partial charge in [-0.3, -0.25) is 0 Å². The molecule has 0 aromatic heterocycles. The Bertz CT molecular complexity index is 443. The summed E-state index contributed by atoms with van der Waals surface area (Å²) in [5, 5.41) is 9.89. The topological polar surface area (TPSA) is 20.2 Å². The molecule has 3 rings (SSSR count). The molecule has 3 fully saturated rings. The van der Waals surface area contributed by atoms with Crippen LogP contribution >= 0.6 is 0 Å². The van der Waals surface area contributed by atoms with Crippen molar-refractivity contribution in [1.29, 1.82) is 0 Å². The fourth-order valence-corrected chi connectivity index (χ4v) is 3.02. The van der Waals surface area contributed by atoms with E-state index in [0.717, 1.165) is 0 Å². The summed E-state index contributed by atoms with van der Waals surface area (Å²) in [6.07, 6.45) is -5.14. The second-order valence-corrected chi connectivity index (χ2v) is 4.26. The number of quaternary nitrogens is 1. The van der Waals surface area contributed by atoms with Crippen LogP contribution in [0.25, 0.3) is 0 Å². The molecule has 0 radical (unpaired) electrons. The summed E-state index contributed by atoms with van der Waals surface area (Å²) in [4.78, 5) is 0. The van der Waals surface area contributed by atoms with E-state index in [0.29, 0.717) is 12.8 Å². The summed E-state index contributed by atoms with van der Waals surface area (Å²) in [5.74, 6) is 0. The van der Waals surface area contributed by atoms with Crippen LogP contribution in [-0.4, -0.2) is 40.8 Å². The first-order valence-corrected chi connectivity index (χ1v) is 4.92. The Morgan fingerprint density at radius 2 is 1.57 bits per heavy atom. The van der Waals surface area contributed by atoms with Crippen molar-refractivity contribution in [3.8, 4) is 0 Å². The van der Waals surface area contributed by atoms with Crippen molar-refractivity contribution >= 4 is 0 Å². The van der Waals surface area contributed by atoms with Gasteiger partial charge >= 0.3 is 0 Å². The minimum atomic E-state index is -2.94. The molecule has 2 bridgehead atoms. The first-order chi connectivity index (χ1) is 9.35. The molecule has 0 aromatic carbocycles. The molecule has 3 heterocycles. The Labute approximate surface area is 104 Å². The van der Waals surface area contributed by atoms with Gasteiger partial charge in [-0.15, -0.1) is 0 Å². The molecule has 2 nitrogen and oxygen atoms in total. The minimum absolute atomic E-state index is 0. The van der Waals surface area contributed by atoms with Crippen LogP contribution in [0.5, 0.6) is 0 Å². The first-order valence-electron chi connectivity index (χ1n) is 8.92. The van der Waals surface area contributed by atoms with Crippen LogP contribution < -0.4 is 12.4 Å². The normalized spacial score (nSPS) is 66.8. The molecule has 3 saturated heterocycles. The maximum Gasteiger partial charge on any atom is 0.0924 e. The Hall–Kier alpha value is 0.210. The molecule has 1 N–H and O–H groups in total. The summed E-state index contributed by atoms with van der Waals surface area (Å²) in [5.41, 5.74) is 0. The molecular weight excluding hydrogens is 198 g/mol. The summed E-state index contributed by atoms with van der Waals surface area (Å²) in [6.45, 7) is -5.35. The molecule has 1 spiro atoms. The van der Waals surface area contributed by atoms with E-state index in [1.807, 2.05) is 0 Å². The number of hydrogen-bond acceptors (Lipinski definition) is 1. The fourth-order valence-electron chi connectivity index (χ4n) is 3.02. The number of halogens is 1. The molecule has 0 aliphatic carbocycles. The van der Waals surface area contributed by atoms with E-state index in [4.69, 9.17) is 11.0 Å². The second kappa shape index (κ2) is 3.66. The van der Waals surface area contributed by atoms with Crippen LogP contribution in [-0.2, 0) is 0 Å². The van der Waals surface area contributed by atoms with Gasteiger partial charge in [-0.25, -0.2) is 0 Å². The lowest BCUT2D eigenvalue weighted by atomic mass is 9.97. The molecule has 14 heavy (non-hydrogen) atoms. The van der Waals surface area contributed by atoms with Gasteiger partial charge in [0.2, 0.25) is 0 Å². The Kier molecular flexibility index (Phi) is 1.20. The maximum atomic E-state index is 9.89. The van der Waals surface area contributed by atoms with Crippen molar-refractivity contribution in [3.63, 3.8) is 0 Å². The van der Waals surface area contributed by atoms with E-state index in [-0.39, 0.29) is 25.2 Å². The monoisotopic (exact) mass is 225 g/mol. The maximum absolute atomic E-state index is 9.89. The summed E-state index contributed by atoms with van der Waals surface area (Å²) in [6, 6.07) is -1.17. The summed E-state index contributed by atoms with van der Waals surface area (Å²) >= 11 is 0. The first kappa shape index (κ1) is 4.60. The third kappa shape index (κ3) is 1.31. The predicted molar refractivity (Wildman–Crippen MR) is 51.3 cm³/mol. The minimum Gasteiger partial charge on any atom is -1.00 e. The van der Waals surface area contributed by atoms with Crippen molar-refractivity contribution in [2.45, 2.75) is 56.6 Å². The zero-order chi connectivity index (χ0) is 16.1. The lowest BCUT2D eigenvalue weighted by molar-refractivity contribution is -0.956. The van der Waals surface area contributed by atoms with Gasteiger partial charge in [0.15, 0.2) is 0 Å². The molecule has 3 heteroatoms. The molecule has 82 valence electrons. The second-order valence-electron chi connectivity index (χ2n) is 4.26. The van der Waals surface area contributed by atoms with E-state index < -0.39 is 48.4 Å². The summed E-state index contributed by atoms with van der Waals surface area (Å²) in [7, 11) is 0. The molecule has 2 atom stereocenters. The zero-order valence-electron chi connectivity index (χ0n) is 15.8. The Morgan fingerprint density at radius 1 is 1.07 bits per heavy atom. The zero-order valence-corrected chi connectivity index (χ0v) is 8.59. The van der Waals surface area contributed by atoms with Crippen LogP contribution in [0.15, 0.2) is 0 Å². The number of nitrogens with zero attached hydrogens (tertiary/aromatic N) is 1. The highest BCUT2D eigenvalue weighted by atomic mass is 35.5. The molecule has 3 aliphatic heterocycles. The lowest BCUT2D eigenvalue weighted by Gasteiger charge is -2.46. The third-order valence-electron chi connectivity index (χ3n) is 3.62. The standard InChI is InChI=1S/C11H20NO.ClH/c13-11-7-9-3-4-10(8-11)12(9)5-1-2-6-12;/h9-11,13H,1-8H2;1H/q+1;/p-1/i1D2,2D2,5D2,6D2;. The SMILES string of the molecule is [2H]C1([2H])C([2H])([2H])C([2H])([2H])[N+]2(C3CCC2CC(O)C3)C1([2H])[2H].[Cl-]. The smallest absolute Gasteiger partial charge is 0.0924 e. The van der Waals surface area contributed by atoms with Crippen molar-refractivity contribution in [2.24, 2.45) is 0 Å². The van der Waals surface area contributed by atoms with Gasteiger partial charge in [0.1, 0.15) is 0 Å².